The number of hydrogen-bond donors (Lipinski definition) is 2. The third-order valence-corrected chi connectivity index (χ3v) is 3.95. The molecule has 3 atom stereocenters. The molecule has 0 radical (unpaired) electrons. The van der Waals surface area contributed by atoms with E-state index in [0.29, 0.717) is 19.5 Å². The topological polar surface area (TPSA) is 72.9 Å². The van der Waals surface area contributed by atoms with Gasteiger partial charge < -0.3 is 15.3 Å². The Balaban J connectivity index is 2.63. The Morgan fingerprint density at radius 1 is 1.25 bits per heavy atom. The smallest absolute Gasteiger partial charge is 0.326 e. The van der Waals surface area contributed by atoms with Crippen LogP contribution in [-0.2, 0) is 4.79 Å². The van der Waals surface area contributed by atoms with Crippen molar-refractivity contribution in [3.8, 4) is 0 Å². The number of piperazine rings is 1. The summed E-state index contributed by atoms with van der Waals surface area (Å²) in [7, 11) is 2.05. The number of urea groups is 1. The van der Waals surface area contributed by atoms with E-state index in [4.69, 9.17) is 0 Å². The third-order valence-electron chi connectivity index (χ3n) is 3.95. The molecule has 116 valence electrons. The summed E-state index contributed by atoms with van der Waals surface area (Å²) in [4.78, 5) is 27.4. The van der Waals surface area contributed by atoms with Crippen LogP contribution >= 0.6 is 0 Å². The Morgan fingerprint density at radius 3 is 2.15 bits per heavy atom. The molecule has 1 heterocycles. The van der Waals surface area contributed by atoms with Crippen molar-refractivity contribution in [2.24, 2.45) is 5.92 Å². The minimum atomic E-state index is -0.970. The minimum absolute atomic E-state index is 0.224. The summed E-state index contributed by atoms with van der Waals surface area (Å²) in [6.45, 7) is 9.28. The fourth-order valence-corrected chi connectivity index (χ4v) is 2.50. The van der Waals surface area contributed by atoms with Crippen LogP contribution in [0.3, 0.4) is 0 Å². The summed E-state index contributed by atoms with van der Waals surface area (Å²) >= 11 is 0. The monoisotopic (exact) mass is 285 g/mol. The van der Waals surface area contributed by atoms with E-state index in [0.717, 1.165) is 0 Å². The van der Waals surface area contributed by atoms with Crippen molar-refractivity contribution >= 4 is 12.0 Å². The fraction of sp³-hybridized carbons (Fsp3) is 0.857. The largest absolute Gasteiger partial charge is 0.480 e. The number of likely N-dealkylation sites (N-methyl/N-ethyl adjacent to an activating group) is 1. The predicted molar refractivity (Wildman–Crippen MR) is 77.7 cm³/mol. The molecule has 1 fully saturated rings. The van der Waals surface area contributed by atoms with Gasteiger partial charge >= 0.3 is 12.0 Å². The number of carbonyl (C=O) groups is 2. The highest BCUT2D eigenvalue weighted by Crippen LogP contribution is 2.14. The van der Waals surface area contributed by atoms with Gasteiger partial charge in [0, 0.05) is 25.2 Å². The lowest BCUT2D eigenvalue weighted by Crippen LogP contribution is -2.59. The lowest BCUT2D eigenvalue weighted by Gasteiger charge is -2.42. The van der Waals surface area contributed by atoms with Crippen molar-refractivity contribution in [3.63, 3.8) is 0 Å². The van der Waals surface area contributed by atoms with Gasteiger partial charge in [-0.15, -0.1) is 0 Å². The first-order valence-electron chi connectivity index (χ1n) is 7.22. The molecule has 0 aromatic rings. The van der Waals surface area contributed by atoms with E-state index < -0.39 is 12.0 Å². The first-order chi connectivity index (χ1) is 9.22. The van der Waals surface area contributed by atoms with Gasteiger partial charge in [-0.3, -0.25) is 4.90 Å². The molecule has 2 N–H and O–H groups in total. The highest BCUT2D eigenvalue weighted by Gasteiger charge is 2.31. The lowest BCUT2D eigenvalue weighted by molar-refractivity contribution is -0.139. The second kappa shape index (κ2) is 6.92. The zero-order valence-corrected chi connectivity index (χ0v) is 13.1. The second-order valence-electron chi connectivity index (χ2n) is 6.24. The average molecular weight is 285 g/mol. The Bertz CT molecular complexity index is 348. The zero-order valence-electron chi connectivity index (χ0n) is 13.1. The maximum atomic E-state index is 12.2. The molecule has 1 rings (SSSR count). The number of carbonyl (C=O) groups excluding carboxylic acids is 1. The van der Waals surface area contributed by atoms with Gasteiger partial charge in [0.1, 0.15) is 6.04 Å². The van der Waals surface area contributed by atoms with Crippen LogP contribution in [-0.4, -0.2) is 65.2 Å². The molecule has 1 aliphatic rings. The predicted octanol–water partition coefficient (Wildman–Crippen LogP) is 1.22. The summed E-state index contributed by atoms with van der Waals surface area (Å²) < 4.78 is 0. The van der Waals surface area contributed by atoms with Gasteiger partial charge in [0.05, 0.1) is 0 Å². The molecule has 1 aliphatic heterocycles. The van der Waals surface area contributed by atoms with Crippen LogP contribution in [0.2, 0.25) is 0 Å². The van der Waals surface area contributed by atoms with Crippen LogP contribution in [0.15, 0.2) is 0 Å². The van der Waals surface area contributed by atoms with E-state index in [1.54, 1.807) is 4.90 Å². The summed E-state index contributed by atoms with van der Waals surface area (Å²) in [5.74, 6) is -0.746. The van der Waals surface area contributed by atoms with Crippen LogP contribution in [0.5, 0.6) is 0 Å². The average Bonchev–Trinajstić information content (AvgIpc) is 2.33. The second-order valence-corrected chi connectivity index (χ2v) is 6.24. The van der Waals surface area contributed by atoms with Gasteiger partial charge in [-0.2, -0.15) is 0 Å². The van der Waals surface area contributed by atoms with Gasteiger partial charge in [-0.1, -0.05) is 13.8 Å². The van der Waals surface area contributed by atoms with Crippen LogP contribution < -0.4 is 5.32 Å². The Morgan fingerprint density at radius 2 is 1.75 bits per heavy atom. The van der Waals surface area contributed by atoms with Crippen molar-refractivity contribution in [3.05, 3.63) is 0 Å². The molecule has 1 saturated heterocycles. The Kier molecular flexibility index (Phi) is 5.80. The molecule has 0 aromatic heterocycles. The van der Waals surface area contributed by atoms with E-state index in [2.05, 4.69) is 24.1 Å². The number of nitrogens with one attached hydrogen (secondary N) is 1. The van der Waals surface area contributed by atoms with Crippen molar-refractivity contribution in [2.75, 3.05) is 20.1 Å². The molecule has 6 heteroatoms. The van der Waals surface area contributed by atoms with E-state index in [9.17, 15) is 14.7 Å². The van der Waals surface area contributed by atoms with E-state index >= 15 is 0 Å². The van der Waals surface area contributed by atoms with Crippen molar-refractivity contribution < 1.29 is 14.7 Å². The molecule has 0 bridgehead atoms. The van der Waals surface area contributed by atoms with Crippen LogP contribution in [0, 0.1) is 5.92 Å². The maximum absolute atomic E-state index is 12.2. The quantitative estimate of drug-likeness (QED) is 0.814. The van der Waals surface area contributed by atoms with Gasteiger partial charge in [-0.05, 0) is 33.2 Å². The highest BCUT2D eigenvalue weighted by atomic mass is 16.4. The molecule has 0 saturated carbocycles. The van der Waals surface area contributed by atoms with E-state index in [1.165, 1.54) is 0 Å². The fourth-order valence-electron chi connectivity index (χ4n) is 2.50. The number of rotatable bonds is 4. The van der Waals surface area contributed by atoms with Gasteiger partial charge in [0.25, 0.3) is 0 Å². The molecule has 2 amide bonds. The molecular weight excluding hydrogens is 258 g/mol. The molecule has 3 unspecified atom stereocenters. The number of amides is 2. The standard InChI is InChI=1S/C14H27N3O3/c1-9(2)6-12(13(18)19)15-14(20)17-7-10(3)16(5)11(4)8-17/h9-12H,6-8H2,1-5H3,(H,15,20)(H,18,19). The molecule has 6 nitrogen and oxygen atoms in total. The Hall–Kier alpha value is -1.30. The lowest BCUT2D eigenvalue weighted by atomic mass is 10.0. The molecule has 0 aliphatic carbocycles. The number of carboxylic acid groups (broad SMARTS) is 1. The summed E-state index contributed by atoms with van der Waals surface area (Å²) in [6, 6.07) is -0.534. The normalized spacial score (nSPS) is 25.6. The summed E-state index contributed by atoms with van der Waals surface area (Å²) in [6.07, 6.45) is 0.444. The molecule has 0 spiro atoms. The number of hydrogen-bond acceptors (Lipinski definition) is 3. The highest BCUT2D eigenvalue weighted by molar-refractivity contribution is 5.82. The van der Waals surface area contributed by atoms with E-state index in [-0.39, 0.29) is 24.0 Å². The first-order valence-corrected chi connectivity index (χ1v) is 7.22. The van der Waals surface area contributed by atoms with Crippen molar-refractivity contribution in [2.45, 2.75) is 52.2 Å². The van der Waals surface area contributed by atoms with E-state index in [1.807, 2.05) is 20.9 Å². The number of carboxylic acids is 1. The summed E-state index contributed by atoms with van der Waals surface area (Å²) in [5, 5.41) is 11.8. The van der Waals surface area contributed by atoms with Crippen molar-refractivity contribution in [1.82, 2.24) is 15.1 Å². The van der Waals surface area contributed by atoms with Crippen molar-refractivity contribution in [1.29, 1.82) is 0 Å². The van der Waals surface area contributed by atoms with Crippen LogP contribution in [0.1, 0.15) is 34.1 Å². The van der Waals surface area contributed by atoms with Gasteiger partial charge in [-0.25, -0.2) is 9.59 Å². The minimum Gasteiger partial charge on any atom is -0.480 e. The third kappa shape index (κ3) is 4.37. The van der Waals surface area contributed by atoms with Crippen LogP contribution in [0.4, 0.5) is 4.79 Å². The van der Waals surface area contributed by atoms with Gasteiger partial charge in [0.2, 0.25) is 0 Å². The SMILES string of the molecule is CC(C)CC(NC(=O)N1CC(C)N(C)C(C)C1)C(=O)O. The van der Waals surface area contributed by atoms with Crippen LogP contribution in [0.25, 0.3) is 0 Å². The number of nitrogens with zero attached hydrogens (tertiary/aromatic N) is 2. The first kappa shape index (κ1) is 16.8. The molecule has 20 heavy (non-hydrogen) atoms. The zero-order chi connectivity index (χ0) is 15.4. The molecule has 0 aromatic carbocycles. The summed E-state index contributed by atoms with van der Waals surface area (Å²) in [5.41, 5.74) is 0. The molecular formula is C14H27N3O3. The maximum Gasteiger partial charge on any atom is 0.326 e. The number of aliphatic carboxylic acids is 1. The Labute approximate surface area is 121 Å². The van der Waals surface area contributed by atoms with Gasteiger partial charge in [0.15, 0.2) is 0 Å².